The number of phenols is 1. The van der Waals surface area contributed by atoms with Gasteiger partial charge in [0, 0.05) is 11.3 Å². The average molecular weight is 452 g/mol. The Bertz CT molecular complexity index is 1260. The summed E-state index contributed by atoms with van der Waals surface area (Å²) in [6, 6.07) is 13.2. The minimum atomic E-state index is -0.290. The first kappa shape index (κ1) is 21.7. The van der Waals surface area contributed by atoms with Crippen LogP contribution in [0.4, 0.5) is 10.2 Å². The van der Waals surface area contributed by atoms with E-state index in [4.69, 9.17) is 0 Å². The first-order valence-electron chi connectivity index (χ1n) is 10.1. The van der Waals surface area contributed by atoms with Crippen molar-refractivity contribution in [3.8, 4) is 5.75 Å². The molecule has 0 unspecified atom stereocenters. The first-order valence-corrected chi connectivity index (χ1v) is 11.1. The van der Waals surface area contributed by atoms with E-state index in [-0.39, 0.29) is 11.6 Å². The van der Waals surface area contributed by atoms with Gasteiger partial charge in [0.25, 0.3) is 0 Å². The molecule has 164 valence electrons. The van der Waals surface area contributed by atoms with Crippen LogP contribution in [0.15, 0.2) is 58.8 Å². The van der Waals surface area contributed by atoms with Crippen LogP contribution in [0.3, 0.4) is 0 Å². The summed E-state index contributed by atoms with van der Waals surface area (Å²) in [7, 11) is 0. The van der Waals surface area contributed by atoms with Gasteiger partial charge in [0.05, 0.1) is 12.3 Å². The van der Waals surface area contributed by atoms with Crippen LogP contribution in [0.5, 0.6) is 5.75 Å². The zero-order chi connectivity index (χ0) is 22.5. The Morgan fingerprint density at radius 2 is 1.94 bits per heavy atom. The number of phenolic OH excluding ortho intramolecular Hbond substituents is 1. The smallest absolute Gasteiger partial charge is 0.191 e. The summed E-state index contributed by atoms with van der Waals surface area (Å²) in [5, 5.41) is 23.5. The van der Waals surface area contributed by atoms with Crippen LogP contribution in [0, 0.1) is 5.82 Å². The summed E-state index contributed by atoms with van der Waals surface area (Å²) >= 11 is 1.53. The van der Waals surface area contributed by atoms with Crippen LogP contribution < -0.4 is 5.43 Å². The normalized spacial score (nSPS) is 11.8. The molecule has 0 aliphatic rings. The number of halogens is 1. The summed E-state index contributed by atoms with van der Waals surface area (Å²) in [4.78, 5) is 9.20. The predicted molar refractivity (Wildman–Crippen MR) is 124 cm³/mol. The van der Waals surface area contributed by atoms with Crippen molar-refractivity contribution in [2.75, 3.05) is 11.2 Å². The number of benzene rings is 2. The maximum absolute atomic E-state index is 13.2. The maximum atomic E-state index is 13.2. The quantitative estimate of drug-likeness (QED) is 0.177. The fraction of sp³-hybridized carbons (Fsp3) is 0.227. The van der Waals surface area contributed by atoms with Crippen LogP contribution >= 0.6 is 11.8 Å². The van der Waals surface area contributed by atoms with Crippen LogP contribution in [0.2, 0.25) is 0 Å². The number of aromatic nitrogens is 5. The van der Waals surface area contributed by atoms with Gasteiger partial charge in [-0.3, -0.25) is 5.43 Å². The van der Waals surface area contributed by atoms with E-state index >= 15 is 0 Å². The maximum Gasteiger partial charge on any atom is 0.191 e. The van der Waals surface area contributed by atoms with Crippen molar-refractivity contribution in [3.63, 3.8) is 0 Å². The van der Waals surface area contributed by atoms with Crippen LogP contribution in [0.25, 0.3) is 11.2 Å². The fourth-order valence-corrected chi connectivity index (χ4v) is 3.71. The Hall–Kier alpha value is -3.53. The predicted octanol–water partition coefficient (Wildman–Crippen LogP) is 4.45. The average Bonchev–Trinajstić information content (AvgIpc) is 3.20. The molecule has 0 saturated heterocycles. The Labute approximate surface area is 188 Å². The van der Waals surface area contributed by atoms with Crippen molar-refractivity contribution in [2.45, 2.75) is 32.0 Å². The second kappa shape index (κ2) is 9.73. The van der Waals surface area contributed by atoms with E-state index < -0.39 is 0 Å². The molecule has 2 N–H and O–H groups in total. The lowest BCUT2D eigenvalue weighted by Crippen LogP contribution is -2.06. The fourth-order valence-electron chi connectivity index (χ4n) is 3.02. The molecule has 2 aromatic carbocycles. The standard InChI is InChI=1S/C22H22FN7OS/c1-3-12-32-22-24-20(28-26-14(2)17-6-4-5-7-18(17)31)19-21(25-22)30(29-27-19)13-15-8-10-16(23)11-9-15/h4-11,31H,3,12-13H2,1-2H3,(H,24,25,28)/b26-14+. The highest BCUT2D eigenvalue weighted by molar-refractivity contribution is 7.99. The van der Waals surface area contributed by atoms with Crippen molar-refractivity contribution in [1.82, 2.24) is 25.0 Å². The van der Waals surface area contributed by atoms with Gasteiger partial charge in [0.15, 0.2) is 22.1 Å². The molecule has 0 bridgehead atoms. The largest absolute Gasteiger partial charge is 0.507 e. The van der Waals surface area contributed by atoms with E-state index in [1.54, 1.807) is 41.9 Å². The minimum Gasteiger partial charge on any atom is -0.507 e. The van der Waals surface area contributed by atoms with Crippen molar-refractivity contribution in [3.05, 3.63) is 65.5 Å². The summed E-state index contributed by atoms with van der Waals surface area (Å²) < 4.78 is 14.9. The molecule has 8 nitrogen and oxygen atoms in total. The van der Waals surface area contributed by atoms with Crippen molar-refractivity contribution >= 4 is 34.5 Å². The Balaban J connectivity index is 1.69. The number of anilines is 1. The molecular formula is C22H22FN7OS. The van der Waals surface area contributed by atoms with E-state index in [0.29, 0.717) is 40.0 Å². The lowest BCUT2D eigenvalue weighted by molar-refractivity contribution is 0.474. The number of fused-ring (bicyclic) bond motifs is 1. The number of thioether (sulfide) groups is 1. The molecule has 2 heterocycles. The molecule has 0 spiro atoms. The van der Waals surface area contributed by atoms with Crippen LogP contribution in [0.1, 0.15) is 31.4 Å². The van der Waals surface area contributed by atoms with E-state index in [1.165, 1.54) is 23.9 Å². The number of para-hydroxylation sites is 1. The van der Waals surface area contributed by atoms with Gasteiger partial charge in [0.2, 0.25) is 0 Å². The van der Waals surface area contributed by atoms with Gasteiger partial charge < -0.3 is 5.11 Å². The molecule has 4 rings (SSSR count). The van der Waals surface area contributed by atoms with E-state index in [0.717, 1.165) is 17.7 Å². The Morgan fingerprint density at radius 3 is 2.69 bits per heavy atom. The minimum absolute atomic E-state index is 0.146. The van der Waals surface area contributed by atoms with E-state index in [2.05, 4.69) is 37.7 Å². The topological polar surface area (TPSA) is 101 Å². The SMILES string of the molecule is CCCSc1nc(N/N=C(\C)c2ccccc2O)c2nnn(Cc3ccc(F)cc3)c2n1. The molecule has 0 atom stereocenters. The number of aromatic hydroxyl groups is 1. The number of hydrazone groups is 1. The monoisotopic (exact) mass is 451 g/mol. The number of hydrogen-bond acceptors (Lipinski definition) is 8. The van der Waals surface area contributed by atoms with Crippen LogP contribution in [-0.2, 0) is 6.54 Å². The second-order valence-corrected chi connectivity index (χ2v) is 8.14. The van der Waals surface area contributed by atoms with Gasteiger partial charge >= 0.3 is 0 Å². The number of nitrogens with one attached hydrogen (secondary N) is 1. The summed E-state index contributed by atoms with van der Waals surface area (Å²) in [6.45, 7) is 4.27. The van der Waals surface area contributed by atoms with Crippen molar-refractivity contribution in [1.29, 1.82) is 0 Å². The highest BCUT2D eigenvalue weighted by atomic mass is 32.2. The zero-order valence-electron chi connectivity index (χ0n) is 17.7. The third-order valence-electron chi connectivity index (χ3n) is 4.65. The molecule has 0 aliphatic heterocycles. The molecule has 4 aromatic rings. The van der Waals surface area contributed by atoms with E-state index in [1.807, 2.05) is 6.07 Å². The lowest BCUT2D eigenvalue weighted by Gasteiger charge is -2.07. The van der Waals surface area contributed by atoms with Crippen molar-refractivity contribution in [2.24, 2.45) is 5.10 Å². The number of hydrogen-bond donors (Lipinski definition) is 2. The lowest BCUT2D eigenvalue weighted by atomic mass is 10.1. The third-order valence-corrected chi connectivity index (χ3v) is 5.70. The number of rotatable bonds is 8. The van der Waals surface area contributed by atoms with E-state index in [9.17, 15) is 9.50 Å². The Kier molecular flexibility index (Phi) is 6.60. The number of nitrogens with zero attached hydrogens (tertiary/aromatic N) is 6. The summed E-state index contributed by atoms with van der Waals surface area (Å²) in [5.41, 5.74) is 6.08. The summed E-state index contributed by atoms with van der Waals surface area (Å²) in [5.74, 6) is 1.15. The van der Waals surface area contributed by atoms with Gasteiger partial charge in [-0.1, -0.05) is 48.2 Å². The van der Waals surface area contributed by atoms with Gasteiger partial charge in [-0.25, -0.2) is 19.0 Å². The Morgan fingerprint density at radius 1 is 1.16 bits per heavy atom. The molecule has 10 heteroatoms. The van der Waals surface area contributed by atoms with Gasteiger partial charge in [0.1, 0.15) is 11.6 Å². The summed E-state index contributed by atoms with van der Waals surface area (Å²) in [6.07, 6.45) is 0.979. The van der Waals surface area contributed by atoms with Crippen molar-refractivity contribution < 1.29 is 9.50 Å². The third kappa shape index (κ3) is 4.86. The zero-order valence-corrected chi connectivity index (χ0v) is 18.5. The molecular weight excluding hydrogens is 429 g/mol. The van der Waals surface area contributed by atoms with Gasteiger partial charge in [-0.2, -0.15) is 5.10 Å². The highest BCUT2D eigenvalue weighted by Crippen LogP contribution is 2.24. The molecule has 0 aliphatic carbocycles. The highest BCUT2D eigenvalue weighted by Gasteiger charge is 2.16. The van der Waals surface area contributed by atoms with Crippen LogP contribution in [-0.4, -0.2) is 41.5 Å². The molecule has 0 saturated carbocycles. The van der Waals surface area contributed by atoms with Gasteiger partial charge in [-0.15, -0.1) is 5.10 Å². The molecule has 0 radical (unpaired) electrons. The first-order chi connectivity index (χ1) is 15.5. The van der Waals surface area contributed by atoms with Gasteiger partial charge in [-0.05, 0) is 43.2 Å². The molecule has 0 fully saturated rings. The molecule has 2 aromatic heterocycles. The molecule has 0 amide bonds. The molecule has 32 heavy (non-hydrogen) atoms. The second-order valence-electron chi connectivity index (χ2n) is 7.08.